The van der Waals surface area contributed by atoms with E-state index in [1.807, 2.05) is 6.92 Å². The van der Waals surface area contributed by atoms with Crippen molar-refractivity contribution in [1.29, 1.82) is 0 Å². The Morgan fingerprint density at radius 3 is 2.79 bits per heavy atom. The third-order valence-electron chi connectivity index (χ3n) is 7.32. The van der Waals surface area contributed by atoms with Crippen molar-refractivity contribution in [3.8, 4) is 0 Å². The zero-order valence-corrected chi connectivity index (χ0v) is 17.6. The number of hydrogen-bond donors (Lipinski definition) is 1. The van der Waals surface area contributed by atoms with Gasteiger partial charge in [-0.15, -0.1) is 0 Å². The summed E-state index contributed by atoms with van der Waals surface area (Å²) < 4.78 is 0. The molecule has 6 heteroatoms. The van der Waals surface area contributed by atoms with Gasteiger partial charge in [0.25, 0.3) is 0 Å². The fourth-order valence-corrected chi connectivity index (χ4v) is 5.70. The zero-order valence-electron chi connectivity index (χ0n) is 17.6. The summed E-state index contributed by atoms with van der Waals surface area (Å²) in [6.45, 7) is 7.51. The van der Waals surface area contributed by atoms with E-state index in [0.29, 0.717) is 18.3 Å². The van der Waals surface area contributed by atoms with Gasteiger partial charge in [0.1, 0.15) is 5.82 Å². The minimum absolute atomic E-state index is 0.277. The number of piperidine rings is 1. The van der Waals surface area contributed by atoms with E-state index in [4.69, 9.17) is 0 Å². The third kappa shape index (κ3) is 4.94. The first-order valence-electron chi connectivity index (χ1n) is 11.5. The molecule has 1 amide bonds. The Morgan fingerprint density at radius 2 is 2.00 bits per heavy atom. The molecule has 1 aromatic rings. The largest absolute Gasteiger partial charge is 0.342 e. The molecule has 2 aliphatic heterocycles. The van der Waals surface area contributed by atoms with Crippen molar-refractivity contribution in [2.45, 2.75) is 77.6 Å². The number of hydrogen-bond acceptors (Lipinski definition) is 4. The number of H-pyrrole nitrogens is 1. The number of carbonyl (C=O) groups is 1. The van der Waals surface area contributed by atoms with Gasteiger partial charge in [0, 0.05) is 37.9 Å². The molecule has 1 aromatic heterocycles. The molecular formula is C22H37N5O. The van der Waals surface area contributed by atoms with Crippen LogP contribution in [0, 0.1) is 18.3 Å². The minimum Gasteiger partial charge on any atom is -0.342 e. The van der Waals surface area contributed by atoms with Gasteiger partial charge in [-0.25, -0.2) is 4.98 Å². The second kappa shape index (κ2) is 8.93. The number of carbonyl (C=O) groups excluding carboxylic acids is 1. The number of nitrogens with zero attached hydrogens (tertiary/aromatic N) is 4. The number of aromatic nitrogens is 3. The average molecular weight is 388 g/mol. The Bertz CT molecular complexity index is 653. The maximum atomic E-state index is 12.7. The average Bonchev–Trinajstić information content (AvgIpc) is 3.32. The van der Waals surface area contributed by atoms with Gasteiger partial charge in [-0.2, -0.15) is 5.10 Å². The summed E-state index contributed by atoms with van der Waals surface area (Å²) >= 11 is 0. The second-order valence-corrected chi connectivity index (χ2v) is 9.57. The lowest BCUT2D eigenvalue weighted by molar-refractivity contribution is -0.130. The fourth-order valence-electron chi connectivity index (χ4n) is 5.70. The number of nitrogens with one attached hydrogen (secondary N) is 1. The van der Waals surface area contributed by atoms with Gasteiger partial charge in [-0.1, -0.05) is 32.1 Å². The van der Waals surface area contributed by atoms with Gasteiger partial charge in [0.05, 0.1) is 0 Å². The Labute approximate surface area is 169 Å². The summed E-state index contributed by atoms with van der Waals surface area (Å²) in [5.74, 6) is 2.82. The van der Waals surface area contributed by atoms with Crippen LogP contribution in [0.2, 0.25) is 0 Å². The summed E-state index contributed by atoms with van der Waals surface area (Å²) in [5.41, 5.74) is 0.349. The van der Waals surface area contributed by atoms with Gasteiger partial charge in [-0.3, -0.25) is 9.89 Å². The van der Waals surface area contributed by atoms with Crippen molar-refractivity contribution >= 4 is 5.91 Å². The van der Waals surface area contributed by atoms with Crippen molar-refractivity contribution < 1.29 is 4.79 Å². The van der Waals surface area contributed by atoms with Crippen molar-refractivity contribution in [2.75, 3.05) is 32.7 Å². The van der Waals surface area contributed by atoms with Crippen LogP contribution in [-0.4, -0.2) is 63.6 Å². The Morgan fingerprint density at radius 1 is 1.14 bits per heavy atom. The molecule has 0 aromatic carbocycles. The van der Waals surface area contributed by atoms with Gasteiger partial charge in [0.2, 0.25) is 5.91 Å². The first kappa shape index (κ1) is 19.9. The lowest BCUT2D eigenvalue weighted by Gasteiger charge is -2.41. The minimum atomic E-state index is 0.277. The van der Waals surface area contributed by atoms with E-state index in [9.17, 15) is 4.79 Å². The van der Waals surface area contributed by atoms with E-state index in [1.54, 1.807) is 0 Å². The quantitative estimate of drug-likeness (QED) is 0.813. The van der Waals surface area contributed by atoms with Crippen LogP contribution in [0.15, 0.2) is 0 Å². The van der Waals surface area contributed by atoms with Crippen LogP contribution >= 0.6 is 0 Å². The molecule has 0 radical (unpaired) electrons. The van der Waals surface area contributed by atoms with E-state index >= 15 is 0 Å². The molecule has 3 fully saturated rings. The van der Waals surface area contributed by atoms with Crippen LogP contribution in [-0.2, 0) is 11.2 Å². The predicted octanol–water partition coefficient (Wildman–Crippen LogP) is 3.33. The van der Waals surface area contributed by atoms with Crippen molar-refractivity contribution in [3.63, 3.8) is 0 Å². The number of rotatable bonds is 6. The first-order valence-corrected chi connectivity index (χ1v) is 11.5. The van der Waals surface area contributed by atoms with Crippen LogP contribution in [0.25, 0.3) is 0 Å². The monoisotopic (exact) mass is 387 g/mol. The highest BCUT2D eigenvalue weighted by Gasteiger charge is 2.42. The van der Waals surface area contributed by atoms with Crippen LogP contribution in [0.4, 0.5) is 0 Å². The molecule has 1 aliphatic carbocycles. The number of aromatic amines is 1. The molecular weight excluding hydrogens is 350 g/mol. The third-order valence-corrected chi connectivity index (χ3v) is 7.32. The summed E-state index contributed by atoms with van der Waals surface area (Å²) in [5, 5.41) is 7.01. The van der Waals surface area contributed by atoms with Crippen LogP contribution in [0.5, 0.6) is 0 Å². The molecule has 4 rings (SSSR count). The fraction of sp³-hybridized carbons (Fsp3) is 0.864. The normalized spacial score (nSPS) is 27.0. The topological polar surface area (TPSA) is 65.1 Å². The molecule has 3 aliphatic rings. The zero-order chi connectivity index (χ0) is 19.4. The predicted molar refractivity (Wildman–Crippen MR) is 110 cm³/mol. The second-order valence-electron chi connectivity index (χ2n) is 9.57. The molecule has 3 heterocycles. The lowest BCUT2D eigenvalue weighted by Crippen LogP contribution is -2.45. The Kier molecular flexibility index (Phi) is 6.34. The van der Waals surface area contributed by atoms with Gasteiger partial charge in [-0.05, 0) is 51.6 Å². The van der Waals surface area contributed by atoms with E-state index in [2.05, 4.69) is 25.0 Å². The number of aryl methyl sites for hydroxylation is 2. The molecule has 2 saturated heterocycles. The lowest BCUT2D eigenvalue weighted by atomic mass is 9.79. The molecule has 6 nitrogen and oxygen atoms in total. The van der Waals surface area contributed by atoms with E-state index < -0.39 is 0 Å². The molecule has 1 saturated carbocycles. The first-order chi connectivity index (χ1) is 13.6. The number of likely N-dealkylation sites (tertiary alicyclic amines) is 2. The summed E-state index contributed by atoms with van der Waals surface area (Å²) in [4.78, 5) is 21.9. The van der Waals surface area contributed by atoms with E-state index in [0.717, 1.165) is 30.7 Å². The standard InChI is InChI=1S/C22H37N5O/c1-18-23-20(25-24-18)8-9-21(28)27-15-12-22(17-27)11-5-13-26(16-22)14-10-19-6-3-2-4-7-19/h19H,2-17H2,1H3,(H,23,24,25). The summed E-state index contributed by atoms with van der Waals surface area (Å²) in [6, 6.07) is 0. The molecule has 1 N–H and O–H groups in total. The number of amides is 1. The van der Waals surface area contributed by atoms with Crippen molar-refractivity contribution in [2.24, 2.45) is 11.3 Å². The highest BCUT2D eigenvalue weighted by atomic mass is 16.2. The maximum Gasteiger partial charge on any atom is 0.223 e. The maximum absolute atomic E-state index is 12.7. The van der Waals surface area contributed by atoms with Crippen molar-refractivity contribution in [1.82, 2.24) is 25.0 Å². The molecule has 1 atom stereocenters. The van der Waals surface area contributed by atoms with Crippen LogP contribution < -0.4 is 0 Å². The van der Waals surface area contributed by atoms with Crippen molar-refractivity contribution in [3.05, 3.63) is 11.6 Å². The Balaban J connectivity index is 1.23. The van der Waals surface area contributed by atoms with E-state index in [1.165, 1.54) is 77.4 Å². The van der Waals surface area contributed by atoms with Crippen LogP contribution in [0.1, 0.15) is 75.9 Å². The summed E-state index contributed by atoms with van der Waals surface area (Å²) in [6.07, 6.45) is 13.5. The van der Waals surface area contributed by atoms with Gasteiger partial charge < -0.3 is 9.80 Å². The van der Waals surface area contributed by atoms with Gasteiger partial charge in [0.15, 0.2) is 5.82 Å². The van der Waals surface area contributed by atoms with E-state index in [-0.39, 0.29) is 5.91 Å². The van der Waals surface area contributed by atoms with Crippen LogP contribution in [0.3, 0.4) is 0 Å². The molecule has 28 heavy (non-hydrogen) atoms. The van der Waals surface area contributed by atoms with Gasteiger partial charge >= 0.3 is 0 Å². The smallest absolute Gasteiger partial charge is 0.223 e. The molecule has 0 bridgehead atoms. The summed E-state index contributed by atoms with van der Waals surface area (Å²) in [7, 11) is 0. The highest BCUT2D eigenvalue weighted by molar-refractivity contribution is 5.76. The molecule has 1 unspecified atom stereocenters. The SMILES string of the molecule is Cc1nc(CCC(=O)N2CCC3(CCCN(CCC4CCCCC4)C3)C2)n[nH]1. The Hall–Kier alpha value is -1.43. The molecule has 1 spiro atoms. The highest BCUT2D eigenvalue weighted by Crippen LogP contribution is 2.39. The molecule has 156 valence electrons.